The third kappa shape index (κ3) is 4.35. The number of halogens is 2. The lowest BCUT2D eigenvalue weighted by Gasteiger charge is -2.25. The van der Waals surface area contributed by atoms with Crippen molar-refractivity contribution in [3.8, 4) is 5.75 Å². The van der Waals surface area contributed by atoms with E-state index in [0.717, 1.165) is 29.9 Å². The van der Waals surface area contributed by atoms with Crippen LogP contribution in [0.2, 0.25) is 0 Å². The second-order valence-electron chi connectivity index (χ2n) is 7.46. The molecule has 0 saturated carbocycles. The molecule has 5 nitrogen and oxygen atoms in total. The Labute approximate surface area is 173 Å². The van der Waals surface area contributed by atoms with Gasteiger partial charge in [0.1, 0.15) is 23.2 Å². The average Bonchev–Trinajstić information content (AvgIpc) is 3.36. The largest absolute Gasteiger partial charge is 0.484 e. The number of likely N-dealkylation sites (tertiary alicyclic amines) is 1. The van der Waals surface area contributed by atoms with Gasteiger partial charge in [0, 0.05) is 25.0 Å². The molecule has 0 aliphatic carbocycles. The molecular weight excluding hydrogens is 388 g/mol. The zero-order valence-electron chi connectivity index (χ0n) is 16.7. The lowest BCUT2D eigenvalue weighted by Crippen LogP contribution is -2.35. The van der Waals surface area contributed by atoms with Crippen molar-refractivity contribution in [3.63, 3.8) is 0 Å². The first-order chi connectivity index (χ1) is 14.5. The quantitative estimate of drug-likeness (QED) is 0.609. The second kappa shape index (κ2) is 8.65. The zero-order valence-corrected chi connectivity index (χ0v) is 16.7. The molecule has 7 heteroatoms. The zero-order chi connectivity index (χ0) is 21.1. The van der Waals surface area contributed by atoms with Crippen molar-refractivity contribution in [2.24, 2.45) is 0 Å². The number of hydrogen-bond donors (Lipinski definition) is 0. The fourth-order valence-corrected chi connectivity index (χ4v) is 3.82. The summed E-state index contributed by atoms with van der Waals surface area (Å²) in [6, 6.07) is 11.9. The van der Waals surface area contributed by atoms with Gasteiger partial charge in [-0.25, -0.2) is 13.8 Å². The molecule has 30 heavy (non-hydrogen) atoms. The van der Waals surface area contributed by atoms with Crippen molar-refractivity contribution >= 4 is 5.91 Å². The number of nitrogens with zero attached hydrogens (tertiary/aromatic N) is 3. The van der Waals surface area contributed by atoms with Gasteiger partial charge in [0.2, 0.25) is 0 Å². The van der Waals surface area contributed by atoms with E-state index in [1.807, 2.05) is 6.92 Å². The van der Waals surface area contributed by atoms with Crippen LogP contribution in [0.25, 0.3) is 0 Å². The molecule has 2 heterocycles. The normalized spacial score (nSPS) is 16.1. The highest BCUT2D eigenvalue weighted by molar-refractivity contribution is 5.78. The molecule has 1 amide bonds. The Hall–Kier alpha value is -3.22. The summed E-state index contributed by atoms with van der Waals surface area (Å²) >= 11 is 0. The van der Waals surface area contributed by atoms with Crippen LogP contribution in [-0.4, -0.2) is 33.5 Å². The molecule has 3 aromatic rings. The van der Waals surface area contributed by atoms with Crippen molar-refractivity contribution < 1.29 is 18.3 Å². The highest BCUT2D eigenvalue weighted by Crippen LogP contribution is 2.32. The van der Waals surface area contributed by atoms with Crippen molar-refractivity contribution in [3.05, 3.63) is 83.4 Å². The SMILES string of the molecule is Cc1cnc(C2CCCN2C(=O)COc2ccc(F)cc2)n1Cc1ccc(F)cc1. The molecule has 1 fully saturated rings. The van der Waals surface area contributed by atoms with Gasteiger partial charge in [0.05, 0.1) is 6.04 Å². The monoisotopic (exact) mass is 411 g/mol. The number of hydrogen-bond acceptors (Lipinski definition) is 3. The molecule has 0 spiro atoms. The number of carbonyl (C=O) groups excluding carboxylic acids is 1. The summed E-state index contributed by atoms with van der Waals surface area (Å²) in [5.41, 5.74) is 1.95. The summed E-state index contributed by atoms with van der Waals surface area (Å²) in [5.74, 6) is 0.529. The van der Waals surface area contributed by atoms with E-state index in [2.05, 4.69) is 9.55 Å². The van der Waals surface area contributed by atoms with Crippen LogP contribution in [0.15, 0.2) is 54.7 Å². The Morgan fingerprint density at radius 3 is 2.47 bits per heavy atom. The molecule has 156 valence electrons. The Bertz CT molecular complexity index is 1020. The van der Waals surface area contributed by atoms with E-state index in [-0.39, 0.29) is 30.2 Å². The van der Waals surface area contributed by atoms with E-state index < -0.39 is 0 Å². The third-order valence-electron chi connectivity index (χ3n) is 5.39. The van der Waals surface area contributed by atoms with Crippen LogP contribution in [0, 0.1) is 18.6 Å². The van der Waals surface area contributed by atoms with Gasteiger partial charge in [-0.05, 0) is 61.7 Å². The smallest absolute Gasteiger partial charge is 0.261 e. The van der Waals surface area contributed by atoms with E-state index in [1.54, 1.807) is 23.2 Å². The third-order valence-corrected chi connectivity index (χ3v) is 5.39. The Morgan fingerprint density at radius 2 is 1.77 bits per heavy atom. The summed E-state index contributed by atoms with van der Waals surface area (Å²) in [6.45, 7) is 3.06. The van der Waals surface area contributed by atoms with Gasteiger partial charge in [-0.1, -0.05) is 12.1 Å². The molecule has 0 bridgehead atoms. The van der Waals surface area contributed by atoms with E-state index in [9.17, 15) is 13.6 Å². The molecule has 4 rings (SSSR count). The highest BCUT2D eigenvalue weighted by Gasteiger charge is 2.33. The Kier molecular flexibility index (Phi) is 5.79. The number of aromatic nitrogens is 2. The number of carbonyl (C=O) groups is 1. The maximum Gasteiger partial charge on any atom is 0.261 e. The van der Waals surface area contributed by atoms with Crippen LogP contribution in [-0.2, 0) is 11.3 Å². The van der Waals surface area contributed by atoms with Gasteiger partial charge >= 0.3 is 0 Å². The fourth-order valence-electron chi connectivity index (χ4n) is 3.82. The van der Waals surface area contributed by atoms with Gasteiger partial charge < -0.3 is 14.2 Å². The minimum atomic E-state index is -0.350. The predicted molar refractivity (Wildman–Crippen MR) is 108 cm³/mol. The van der Waals surface area contributed by atoms with Gasteiger partial charge in [0.25, 0.3) is 5.91 Å². The lowest BCUT2D eigenvalue weighted by atomic mass is 10.1. The van der Waals surface area contributed by atoms with Crippen molar-refractivity contribution in [2.75, 3.05) is 13.2 Å². The van der Waals surface area contributed by atoms with E-state index in [0.29, 0.717) is 18.8 Å². The number of imidazole rings is 1. The molecule has 1 atom stereocenters. The van der Waals surface area contributed by atoms with Gasteiger partial charge in [-0.2, -0.15) is 0 Å². The summed E-state index contributed by atoms with van der Waals surface area (Å²) in [7, 11) is 0. The molecule has 2 aromatic carbocycles. The van der Waals surface area contributed by atoms with Crippen molar-refractivity contribution in [2.45, 2.75) is 32.4 Å². The Morgan fingerprint density at radius 1 is 1.10 bits per heavy atom. The number of benzene rings is 2. The van der Waals surface area contributed by atoms with Gasteiger partial charge in [-0.15, -0.1) is 0 Å². The van der Waals surface area contributed by atoms with Crippen LogP contribution >= 0.6 is 0 Å². The molecule has 1 saturated heterocycles. The number of ether oxygens (including phenoxy) is 1. The summed E-state index contributed by atoms with van der Waals surface area (Å²) in [6.07, 6.45) is 3.51. The Balaban J connectivity index is 1.48. The molecule has 1 unspecified atom stereocenters. The lowest BCUT2D eigenvalue weighted by molar-refractivity contribution is -0.134. The van der Waals surface area contributed by atoms with E-state index in [1.165, 1.54) is 36.4 Å². The second-order valence-corrected chi connectivity index (χ2v) is 7.46. The first kappa shape index (κ1) is 20.1. The number of amides is 1. The standard InChI is InChI=1S/C23H23F2N3O2/c1-16-13-26-23(28(16)14-17-4-6-18(24)7-5-17)21-3-2-12-27(21)22(29)15-30-20-10-8-19(25)9-11-20/h4-11,13,21H,2-3,12,14-15H2,1H3. The van der Waals surface area contributed by atoms with Gasteiger partial charge in [0.15, 0.2) is 6.61 Å². The first-order valence-corrected chi connectivity index (χ1v) is 9.95. The maximum absolute atomic E-state index is 13.2. The summed E-state index contributed by atoms with van der Waals surface area (Å²) in [5, 5.41) is 0. The van der Waals surface area contributed by atoms with E-state index >= 15 is 0 Å². The van der Waals surface area contributed by atoms with Crippen LogP contribution < -0.4 is 4.74 Å². The van der Waals surface area contributed by atoms with Crippen LogP contribution in [0.4, 0.5) is 8.78 Å². The van der Waals surface area contributed by atoms with Crippen molar-refractivity contribution in [1.82, 2.24) is 14.5 Å². The molecule has 0 radical (unpaired) electrons. The summed E-state index contributed by atoms with van der Waals surface area (Å²) in [4.78, 5) is 19.2. The number of rotatable bonds is 6. The maximum atomic E-state index is 13.2. The van der Waals surface area contributed by atoms with E-state index in [4.69, 9.17) is 4.74 Å². The first-order valence-electron chi connectivity index (χ1n) is 9.95. The van der Waals surface area contributed by atoms with Crippen LogP contribution in [0.5, 0.6) is 5.75 Å². The highest BCUT2D eigenvalue weighted by atomic mass is 19.1. The number of aryl methyl sites for hydroxylation is 1. The average molecular weight is 411 g/mol. The fraction of sp³-hybridized carbons (Fsp3) is 0.304. The summed E-state index contributed by atoms with van der Waals surface area (Å²) < 4.78 is 33.9. The van der Waals surface area contributed by atoms with Crippen molar-refractivity contribution in [1.29, 1.82) is 0 Å². The molecule has 0 N–H and O–H groups in total. The predicted octanol–water partition coefficient (Wildman–Crippen LogP) is 4.26. The van der Waals surface area contributed by atoms with Crippen LogP contribution in [0.1, 0.15) is 36.0 Å². The van der Waals surface area contributed by atoms with Crippen LogP contribution in [0.3, 0.4) is 0 Å². The minimum Gasteiger partial charge on any atom is -0.484 e. The molecule has 1 aliphatic heterocycles. The molecule has 1 aliphatic rings. The molecule has 1 aromatic heterocycles. The van der Waals surface area contributed by atoms with Gasteiger partial charge in [-0.3, -0.25) is 4.79 Å². The molecular formula is C23H23F2N3O2. The topological polar surface area (TPSA) is 47.4 Å². The minimum absolute atomic E-state index is 0.111.